The Morgan fingerprint density at radius 3 is 1.75 bits per heavy atom. The summed E-state index contributed by atoms with van der Waals surface area (Å²) in [6.07, 6.45) is 0. The van der Waals surface area contributed by atoms with E-state index in [2.05, 4.69) is 205 Å². The number of nitrogens with zero attached hydrogens (tertiary/aromatic N) is 1. The lowest BCUT2D eigenvalue weighted by Crippen LogP contribution is -2.10. The number of benzene rings is 9. The summed E-state index contributed by atoms with van der Waals surface area (Å²) in [4.78, 5) is 2.34. The summed E-state index contributed by atoms with van der Waals surface area (Å²) in [6.45, 7) is 0. The van der Waals surface area contributed by atoms with Gasteiger partial charge >= 0.3 is 0 Å². The third-order valence-corrected chi connectivity index (χ3v) is 10.2. The van der Waals surface area contributed by atoms with Crippen molar-refractivity contribution in [1.82, 2.24) is 0 Å². The minimum absolute atomic E-state index is 0.857. The van der Waals surface area contributed by atoms with Crippen LogP contribution in [-0.4, -0.2) is 0 Å². The predicted octanol–water partition coefficient (Wildman–Crippen LogP) is 14.4. The quantitative estimate of drug-likeness (QED) is 0.176. The van der Waals surface area contributed by atoms with Crippen LogP contribution < -0.4 is 4.90 Å². The van der Waals surface area contributed by atoms with E-state index in [0.29, 0.717) is 0 Å². The second-order valence-corrected chi connectivity index (χ2v) is 13.3. The van der Waals surface area contributed by atoms with Crippen molar-refractivity contribution in [3.63, 3.8) is 0 Å². The molecule has 0 fully saturated rings. The molecular formula is C50H33NO. The summed E-state index contributed by atoms with van der Waals surface area (Å²) in [6, 6.07) is 71.6. The lowest BCUT2D eigenvalue weighted by Gasteiger charge is -2.26. The number of fused-ring (bicyclic) bond motifs is 5. The Kier molecular flexibility index (Phi) is 7.18. The number of rotatable bonds is 6. The highest BCUT2D eigenvalue weighted by molar-refractivity contribution is 6.13. The van der Waals surface area contributed by atoms with Crippen LogP contribution in [0.15, 0.2) is 205 Å². The van der Waals surface area contributed by atoms with E-state index in [1.54, 1.807) is 0 Å². The molecule has 0 N–H and O–H groups in total. The fourth-order valence-corrected chi connectivity index (χ4v) is 7.71. The molecule has 0 aliphatic rings. The summed E-state index contributed by atoms with van der Waals surface area (Å²) in [5.74, 6) is 0. The van der Waals surface area contributed by atoms with Crippen LogP contribution in [0, 0.1) is 0 Å². The second kappa shape index (κ2) is 12.5. The molecule has 0 amide bonds. The van der Waals surface area contributed by atoms with E-state index in [0.717, 1.165) is 55.7 Å². The molecule has 0 unspecified atom stereocenters. The molecule has 244 valence electrons. The zero-order chi connectivity index (χ0) is 34.4. The van der Waals surface area contributed by atoms with Crippen molar-refractivity contribution in [1.29, 1.82) is 0 Å². The first-order valence-corrected chi connectivity index (χ1v) is 17.8. The first kappa shape index (κ1) is 30.0. The van der Waals surface area contributed by atoms with Gasteiger partial charge in [-0.3, -0.25) is 0 Å². The van der Waals surface area contributed by atoms with E-state index in [1.807, 2.05) is 0 Å². The molecule has 10 rings (SSSR count). The van der Waals surface area contributed by atoms with Gasteiger partial charge in [0.25, 0.3) is 0 Å². The molecule has 1 aromatic heterocycles. The van der Waals surface area contributed by atoms with E-state index in [-0.39, 0.29) is 0 Å². The van der Waals surface area contributed by atoms with Crippen LogP contribution in [0.4, 0.5) is 17.1 Å². The van der Waals surface area contributed by atoms with Gasteiger partial charge in [0, 0.05) is 27.7 Å². The molecule has 0 bridgehead atoms. The standard InChI is InChI=1S/C50H33NO/c1-2-13-36(14-3-1)45-22-10-23-46-47-24-11-25-48(50(47)52-49(45)46)51(41-30-28-37(29-31-41)44-21-9-17-35-15-6-7-20-43(35)44)42-19-8-18-39(33-42)40-27-26-34-12-4-5-16-38(34)32-40/h1-33H. The van der Waals surface area contributed by atoms with Crippen LogP contribution in [0.5, 0.6) is 0 Å². The van der Waals surface area contributed by atoms with Crippen molar-refractivity contribution in [3.8, 4) is 33.4 Å². The Bertz CT molecular complexity index is 2900. The smallest absolute Gasteiger partial charge is 0.159 e. The van der Waals surface area contributed by atoms with Crippen LogP contribution in [0.2, 0.25) is 0 Å². The second-order valence-electron chi connectivity index (χ2n) is 13.3. The van der Waals surface area contributed by atoms with Gasteiger partial charge in [0.15, 0.2) is 5.58 Å². The molecule has 2 nitrogen and oxygen atoms in total. The highest BCUT2D eigenvalue weighted by Crippen LogP contribution is 2.45. The van der Waals surface area contributed by atoms with Gasteiger partial charge in [-0.1, -0.05) is 164 Å². The predicted molar refractivity (Wildman–Crippen MR) is 220 cm³/mol. The zero-order valence-electron chi connectivity index (χ0n) is 28.4. The first-order valence-electron chi connectivity index (χ1n) is 17.8. The lowest BCUT2D eigenvalue weighted by molar-refractivity contribution is 0.670. The molecule has 2 heteroatoms. The fraction of sp³-hybridized carbons (Fsp3) is 0. The molecule has 0 aliphatic carbocycles. The van der Waals surface area contributed by atoms with E-state index in [1.165, 1.54) is 38.2 Å². The maximum Gasteiger partial charge on any atom is 0.159 e. The van der Waals surface area contributed by atoms with Gasteiger partial charge in [0.1, 0.15) is 5.58 Å². The number of para-hydroxylation sites is 2. The van der Waals surface area contributed by atoms with Crippen LogP contribution in [0.3, 0.4) is 0 Å². The number of hydrogen-bond donors (Lipinski definition) is 0. The molecule has 0 saturated heterocycles. The van der Waals surface area contributed by atoms with Gasteiger partial charge in [-0.05, 0) is 85.8 Å². The number of furan rings is 1. The summed E-state index contributed by atoms with van der Waals surface area (Å²) in [5, 5.41) is 7.15. The average molecular weight is 664 g/mol. The van der Waals surface area contributed by atoms with E-state index in [4.69, 9.17) is 4.42 Å². The third kappa shape index (κ3) is 5.12. The Labute approximate surface area is 302 Å². The van der Waals surface area contributed by atoms with E-state index >= 15 is 0 Å². The van der Waals surface area contributed by atoms with Crippen molar-refractivity contribution in [2.75, 3.05) is 4.90 Å². The Morgan fingerprint density at radius 2 is 0.885 bits per heavy atom. The molecule has 0 aliphatic heterocycles. The van der Waals surface area contributed by atoms with Crippen LogP contribution in [0.1, 0.15) is 0 Å². The largest absolute Gasteiger partial charge is 0.453 e. The maximum atomic E-state index is 6.96. The third-order valence-electron chi connectivity index (χ3n) is 10.2. The van der Waals surface area contributed by atoms with Crippen molar-refractivity contribution in [3.05, 3.63) is 200 Å². The molecule has 10 aromatic rings. The van der Waals surface area contributed by atoms with Gasteiger partial charge in [0.05, 0.1) is 5.69 Å². The molecule has 52 heavy (non-hydrogen) atoms. The maximum absolute atomic E-state index is 6.96. The van der Waals surface area contributed by atoms with Gasteiger partial charge in [-0.15, -0.1) is 0 Å². The molecule has 0 spiro atoms. The SMILES string of the molecule is c1ccc(-c2cccc3c2oc2c(N(c4ccc(-c5cccc6ccccc56)cc4)c4cccc(-c5ccc6ccccc6c5)c4)cccc23)cc1. The summed E-state index contributed by atoms with van der Waals surface area (Å²) in [7, 11) is 0. The Balaban J connectivity index is 1.16. The van der Waals surface area contributed by atoms with Gasteiger partial charge in [-0.25, -0.2) is 0 Å². The Hall–Kier alpha value is -6.90. The van der Waals surface area contributed by atoms with Crippen LogP contribution in [0.25, 0.3) is 76.9 Å². The molecule has 9 aromatic carbocycles. The minimum Gasteiger partial charge on any atom is -0.453 e. The monoisotopic (exact) mass is 663 g/mol. The zero-order valence-corrected chi connectivity index (χ0v) is 28.4. The van der Waals surface area contributed by atoms with Crippen molar-refractivity contribution < 1.29 is 4.42 Å². The van der Waals surface area contributed by atoms with Crippen LogP contribution >= 0.6 is 0 Å². The summed E-state index contributed by atoms with van der Waals surface area (Å²) in [5.41, 5.74) is 11.8. The van der Waals surface area contributed by atoms with Crippen molar-refractivity contribution in [2.45, 2.75) is 0 Å². The van der Waals surface area contributed by atoms with Gasteiger partial charge in [-0.2, -0.15) is 0 Å². The van der Waals surface area contributed by atoms with Crippen molar-refractivity contribution in [2.24, 2.45) is 0 Å². The summed E-state index contributed by atoms with van der Waals surface area (Å²) < 4.78 is 6.96. The molecule has 0 saturated carbocycles. The highest BCUT2D eigenvalue weighted by atomic mass is 16.3. The highest BCUT2D eigenvalue weighted by Gasteiger charge is 2.21. The number of anilines is 3. The topological polar surface area (TPSA) is 16.4 Å². The Morgan fingerprint density at radius 1 is 0.308 bits per heavy atom. The minimum atomic E-state index is 0.857. The van der Waals surface area contributed by atoms with Crippen molar-refractivity contribution >= 4 is 60.5 Å². The summed E-state index contributed by atoms with van der Waals surface area (Å²) >= 11 is 0. The molecule has 0 radical (unpaired) electrons. The lowest BCUT2D eigenvalue weighted by atomic mass is 9.98. The fourth-order valence-electron chi connectivity index (χ4n) is 7.71. The molecule has 0 atom stereocenters. The molecule has 1 heterocycles. The number of hydrogen-bond acceptors (Lipinski definition) is 2. The van der Waals surface area contributed by atoms with Crippen LogP contribution in [-0.2, 0) is 0 Å². The first-order chi connectivity index (χ1) is 25.8. The average Bonchev–Trinajstić information content (AvgIpc) is 3.61. The van der Waals surface area contributed by atoms with Gasteiger partial charge in [0.2, 0.25) is 0 Å². The van der Waals surface area contributed by atoms with Gasteiger partial charge < -0.3 is 9.32 Å². The van der Waals surface area contributed by atoms with E-state index < -0.39 is 0 Å². The normalized spacial score (nSPS) is 11.5. The van der Waals surface area contributed by atoms with E-state index in [9.17, 15) is 0 Å². The molecular weight excluding hydrogens is 631 g/mol.